The molecule has 3 aromatic rings. The molecule has 0 saturated carbocycles. The van der Waals surface area contributed by atoms with Crippen molar-refractivity contribution in [1.82, 2.24) is 14.8 Å². The van der Waals surface area contributed by atoms with Crippen LogP contribution in [0.15, 0.2) is 53.1 Å². The number of carbonyl (C=O) groups is 1. The van der Waals surface area contributed by atoms with Crippen molar-refractivity contribution >= 4 is 33.2 Å². The molecule has 27 heavy (non-hydrogen) atoms. The Kier molecular flexibility index (Phi) is 5.43. The molecular formula is C20H19BrFN3OS. The Bertz CT molecular complexity index is 946. The third kappa shape index (κ3) is 4.31. The molecule has 0 atom stereocenters. The Hall–Kier alpha value is -1.96. The molecule has 1 N–H and O–H groups in total. The Morgan fingerprint density at radius 1 is 1.15 bits per heavy atom. The summed E-state index contributed by atoms with van der Waals surface area (Å²) in [6, 6.07) is 12.7. The van der Waals surface area contributed by atoms with Gasteiger partial charge in [-0.2, -0.15) is 0 Å². The van der Waals surface area contributed by atoms with Gasteiger partial charge < -0.3 is 9.88 Å². The number of amides is 1. The van der Waals surface area contributed by atoms with Gasteiger partial charge in [-0.3, -0.25) is 9.69 Å². The zero-order valence-corrected chi connectivity index (χ0v) is 17.0. The fourth-order valence-electron chi connectivity index (χ4n) is 3.25. The second-order valence-corrected chi connectivity index (χ2v) is 8.66. The van der Waals surface area contributed by atoms with Crippen LogP contribution in [-0.4, -0.2) is 46.9 Å². The third-order valence-corrected chi connectivity index (χ3v) is 6.26. The van der Waals surface area contributed by atoms with Crippen LogP contribution in [0.1, 0.15) is 15.4 Å². The van der Waals surface area contributed by atoms with E-state index in [2.05, 4.69) is 37.9 Å². The van der Waals surface area contributed by atoms with Crippen LogP contribution in [0.3, 0.4) is 0 Å². The van der Waals surface area contributed by atoms with Crippen molar-refractivity contribution < 1.29 is 9.18 Å². The standard InChI is InChI=1S/C20H19BrFN3OS/c21-15-11-18(23-12-15)20(26)25-8-6-24(7-9-25)13-17-4-5-19(27-17)14-2-1-3-16(22)10-14/h1-5,10-12,23H,6-9,13H2. The highest BCUT2D eigenvalue weighted by atomic mass is 79.9. The molecule has 1 saturated heterocycles. The Morgan fingerprint density at radius 3 is 2.67 bits per heavy atom. The summed E-state index contributed by atoms with van der Waals surface area (Å²) < 4.78 is 14.3. The molecule has 3 heterocycles. The molecular weight excluding hydrogens is 429 g/mol. The lowest BCUT2D eigenvalue weighted by atomic mass is 10.2. The van der Waals surface area contributed by atoms with Gasteiger partial charge in [0.25, 0.3) is 5.91 Å². The molecule has 2 aromatic heterocycles. The van der Waals surface area contributed by atoms with E-state index in [1.165, 1.54) is 10.9 Å². The highest BCUT2D eigenvalue weighted by Crippen LogP contribution is 2.29. The number of H-pyrrole nitrogens is 1. The van der Waals surface area contributed by atoms with Crippen LogP contribution in [0.2, 0.25) is 0 Å². The maximum atomic E-state index is 13.4. The van der Waals surface area contributed by atoms with Crippen molar-refractivity contribution in [3.63, 3.8) is 0 Å². The van der Waals surface area contributed by atoms with Gasteiger partial charge in [-0.05, 0) is 51.8 Å². The molecule has 0 spiro atoms. The lowest BCUT2D eigenvalue weighted by Gasteiger charge is -2.34. The monoisotopic (exact) mass is 447 g/mol. The summed E-state index contributed by atoms with van der Waals surface area (Å²) in [7, 11) is 0. The first kappa shape index (κ1) is 18.4. The highest BCUT2D eigenvalue weighted by Gasteiger charge is 2.23. The molecule has 1 aromatic carbocycles. The predicted octanol–water partition coefficient (Wildman–Crippen LogP) is 4.60. The summed E-state index contributed by atoms with van der Waals surface area (Å²) in [5, 5.41) is 0. The van der Waals surface area contributed by atoms with Gasteiger partial charge in [-0.1, -0.05) is 12.1 Å². The average molecular weight is 448 g/mol. The maximum absolute atomic E-state index is 13.4. The van der Waals surface area contributed by atoms with Crippen molar-refractivity contribution in [2.75, 3.05) is 26.2 Å². The van der Waals surface area contributed by atoms with Crippen LogP contribution in [0.5, 0.6) is 0 Å². The molecule has 1 fully saturated rings. The highest BCUT2D eigenvalue weighted by molar-refractivity contribution is 9.10. The average Bonchev–Trinajstić information content (AvgIpc) is 3.31. The van der Waals surface area contributed by atoms with Crippen molar-refractivity contribution in [3.05, 3.63) is 69.5 Å². The second kappa shape index (κ2) is 7.96. The Balaban J connectivity index is 1.34. The quantitative estimate of drug-likeness (QED) is 0.634. The van der Waals surface area contributed by atoms with Crippen molar-refractivity contribution in [2.24, 2.45) is 0 Å². The van der Waals surface area contributed by atoms with Gasteiger partial charge in [0.1, 0.15) is 11.5 Å². The fraction of sp³-hybridized carbons (Fsp3) is 0.250. The van der Waals surface area contributed by atoms with Crippen LogP contribution >= 0.6 is 27.3 Å². The third-order valence-electron chi connectivity index (χ3n) is 4.69. The number of thiophene rings is 1. The lowest BCUT2D eigenvalue weighted by Crippen LogP contribution is -2.48. The van der Waals surface area contributed by atoms with E-state index in [-0.39, 0.29) is 11.7 Å². The van der Waals surface area contributed by atoms with Crippen molar-refractivity contribution in [1.29, 1.82) is 0 Å². The number of rotatable bonds is 4. The zero-order valence-electron chi connectivity index (χ0n) is 14.6. The van der Waals surface area contributed by atoms with E-state index in [1.807, 2.05) is 17.0 Å². The molecule has 0 radical (unpaired) electrons. The summed E-state index contributed by atoms with van der Waals surface area (Å²) in [5.41, 5.74) is 1.53. The number of nitrogens with zero attached hydrogens (tertiary/aromatic N) is 2. The van der Waals surface area contributed by atoms with Gasteiger partial charge in [0.05, 0.1) is 0 Å². The van der Waals surface area contributed by atoms with E-state index in [9.17, 15) is 9.18 Å². The number of carbonyl (C=O) groups excluding carboxylic acids is 1. The topological polar surface area (TPSA) is 39.3 Å². The minimum absolute atomic E-state index is 0.0462. The van der Waals surface area contributed by atoms with Gasteiger partial charge in [0.15, 0.2) is 0 Å². The summed E-state index contributed by atoms with van der Waals surface area (Å²) in [6.45, 7) is 3.99. The van der Waals surface area contributed by atoms with Crippen LogP contribution in [-0.2, 0) is 6.54 Å². The summed E-state index contributed by atoms with van der Waals surface area (Å²) >= 11 is 5.06. The second-order valence-electron chi connectivity index (χ2n) is 6.58. The van der Waals surface area contributed by atoms with Crippen LogP contribution < -0.4 is 0 Å². The van der Waals surface area contributed by atoms with E-state index < -0.39 is 0 Å². The van der Waals surface area contributed by atoms with Gasteiger partial charge in [0, 0.05) is 53.1 Å². The van der Waals surface area contributed by atoms with Crippen molar-refractivity contribution in [2.45, 2.75) is 6.54 Å². The number of halogens is 2. The molecule has 1 aliphatic heterocycles. The number of benzene rings is 1. The molecule has 7 heteroatoms. The molecule has 0 bridgehead atoms. The van der Waals surface area contributed by atoms with E-state index in [1.54, 1.807) is 29.7 Å². The van der Waals surface area contributed by atoms with E-state index >= 15 is 0 Å². The number of piperazine rings is 1. The number of hydrogen-bond acceptors (Lipinski definition) is 3. The van der Waals surface area contributed by atoms with Gasteiger partial charge in [-0.15, -0.1) is 11.3 Å². The molecule has 4 nitrogen and oxygen atoms in total. The lowest BCUT2D eigenvalue weighted by molar-refractivity contribution is 0.0624. The SMILES string of the molecule is O=C(c1cc(Br)c[nH]1)N1CCN(Cc2ccc(-c3cccc(F)c3)s2)CC1. The molecule has 140 valence electrons. The van der Waals surface area contributed by atoms with Crippen LogP contribution in [0.4, 0.5) is 4.39 Å². The molecule has 0 aliphatic carbocycles. The number of aromatic amines is 1. The number of nitrogens with one attached hydrogen (secondary N) is 1. The van der Waals surface area contributed by atoms with E-state index in [0.29, 0.717) is 5.69 Å². The molecule has 4 rings (SSSR count). The van der Waals surface area contributed by atoms with Crippen LogP contribution in [0.25, 0.3) is 10.4 Å². The van der Waals surface area contributed by atoms with Gasteiger partial charge in [0.2, 0.25) is 0 Å². The van der Waals surface area contributed by atoms with Crippen LogP contribution in [0, 0.1) is 5.82 Å². The molecule has 0 unspecified atom stereocenters. The first-order chi connectivity index (χ1) is 13.1. The normalized spacial score (nSPS) is 15.3. The van der Waals surface area contributed by atoms with E-state index in [4.69, 9.17) is 0 Å². The zero-order chi connectivity index (χ0) is 18.8. The number of hydrogen-bond donors (Lipinski definition) is 1. The fourth-order valence-corrected chi connectivity index (χ4v) is 4.64. The maximum Gasteiger partial charge on any atom is 0.270 e. The number of aromatic nitrogens is 1. The van der Waals surface area contributed by atoms with Gasteiger partial charge >= 0.3 is 0 Å². The largest absolute Gasteiger partial charge is 0.356 e. The summed E-state index contributed by atoms with van der Waals surface area (Å²) in [5.74, 6) is -0.165. The first-order valence-corrected chi connectivity index (χ1v) is 10.4. The Morgan fingerprint density at radius 2 is 1.96 bits per heavy atom. The van der Waals surface area contributed by atoms with Gasteiger partial charge in [-0.25, -0.2) is 4.39 Å². The minimum atomic E-state index is -0.211. The summed E-state index contributed by atoms with van der Waals surface area (Å²) in [4.78, 5) is 22.1. The smallest absolute Gasteiger partial charge is 0.270 e. The van der Waals surface area contributed by atoms with E-state index in [0.717, 1.165) is 47.6 Å². The van der Waals surface area contributed by atoms with Crippen molar-refractivity contribution in [3.8, 4) is 10.4 Å². The molecule has 1 amide bonds. The first-order valence-electron chi connectivity index (χ1n) is 8.79. The predicted molar refractivity (Wildman–Crippen MR) is 109 cm³/mol. The minimum Gasteiger partial charge on any atom is -0.356 e. The summed E-state index contributed by atoms with van der Waals surface area (Å²) in [6.07, 6.45) is 1.77. The molecule has 1 aliphatic rings. The Labute approximate surface area is 169 Å².